The molecule has 55 heavy (non-hydrogen) atoms. The summed E-state index contributed by atoms with van der Waals surface area (Å²) in [6.07, 6.45) is 0.0654. The number of nitrogens with zero attached hydrogens (tertiary/aromatic N) is 5. The molecule has 3 heterocycles. The second-order valence-corrected chi connectivity index (χ2v) is 14.7. The van der Waals surface area contributed by atoms with Crippen LogP contribution in [0, 0.1) is 23.3 Å². The summed E-state index contributed by atoms with van der Waals surface area (Å²) in [5, 5.41) is 10.4. The second kappa shape index (κ2) is 19.0. The van der Waals surface area contributed by atoms with E-state index in [1.54, 1.807) is 4.90 Å². The van der Waals surface area contributed by atoms with Crippen LogP contribution in [0.25, 0.3) is 0 Å². The molecule has 0 unspecified atom stereocenters. The molecule has 0 radical (unpaired) electrons. The largest absolute Gasteiger partial charge is 0.478 e. The summed E-state index contributed by atoms with van der Waals surface area (Å²) in [5.74, 6) is -9.09. The summed E-state index contributed by atoms with van der Waals surface area (Å²) >= 11 is 0. The van der Waals surface area contributed by atoms with Gasteiger partial charge in [-0.15, -0.1) is 0 Å². The Morgan fingerprint density at radius 2 is 1.27 bits per heavy atom. The highest BCUT2D eigenvalue weighted by Gasteiger charge is 2.34. The molecule has 2 N–H and O–H groups in total. The van der Waals surface area contributed by atoms with Crippen molar-refractivity contribution in [3.8, 4) is 0 Å². The molecule has 0 aliphatic carbocycles. The molecule has 0 bridgehead atoms. The highest BCUT2D eigenvalue weighted by molar-refractivity contribution is 7.89. The minimum atomic E-state index is -4.37. The fourth-order valence-corrected chi connectivity index (χ4v) is 7.08. The lowest BCUT2D eigenvalue weighted by atomic mass is 10.1. The standard InChI is InChI=1S/C24H26F4N4O5S.C10H14N2O5/c1-30-8-10-31(11-9-30)24(34)37-17-4-6-32(7-5-17)38(35,36)21-12-15(2-3-18(21)25)23(33)29-16-13-19(26)22(28)20(27)14-16;1-11-4-6-12(7-5-11)10(16)17-9(15)3-2-8(13)14/h2-3,12-14,17H,4-11H2,1H3,(H,29,33);2-3H,4-7H2,1H3,(H,13,14)/b;3-2+. The molecule has 3 amide bonds. The molecule has 2 aromatic rings. The van der Waals surface area contributed by atoms with Crippen LogP contribution < -0.4 is 5.32 Å². The fourth-order valence-electron chi connectivity index (χ4n) is 5.52. The van der Waals surface area contributed by atoms with E-state index in [1.165, 1.54) is 4.90 Å². The molecule has 3 saturated heterocycles. The molecule has 21 heteroatoms. The van der Waals surface area contributed by atoms with Crippen LogP contribution in [0.4, 0.5) is 32.8 Å². The average molecular weight is 801 g/mol. The van der Waals surface area contributed by atoms with Gasteiger partial charge in [-0.05, 0) is 45.1 Å². The molecule has 5 rings (SSSR count). The molecule has 3 aliphatic rings. The third-order valence-corrected chi connectivity index (χ3v) is 10.7. The quantitative estimate of drug-likeness (QED) is 0.137. The number of carbonyl (C=O) groups excluding carboxylic acids is 4. The Hall–Kier alpha value is -5.12. The number of piperazine rings is 2. The number of rotatable bonds is 7. The van der Waals surface area contributed by atoms with Crippen molar-refractivity contribution in [1.29, 1.82) is 0 Å². The maximum absolute atomic E-state index is 14.6. The van der Waals surface area contributed by atoms with Crippen molar-refractivity contribution in [3.05, 3.63) is 71.3 Å². The predicted octanol–water partition coefficient (Wildman–Crippen LogP) is 2.57. The minimum absolute atomic E-state index is 0.0347. The van der Waals surface area contributed by atoms with Gasteiger partial charge >= 0.3 is 24.1 Å². The maximum atomic E-state index is 14.6. The lowest BCUT2D eigenvalue weighted by molar-refractivity contribution is -0.135. The number of benzene rings is 2. The first-order valence-corrected chi connectivity index (χ1v) is 18.4. The first kappa shape index (κ1) is 42.6. The number of halogens is 4. The number of nitrogens with one attached hydrogen (secondary N) is 1. The third-order valence-electron chi connectivity index (χ3n) is 8.79. The fraction of sp³-hybridized carbons (Fsp3) is 0.441. The van der Waals surface area contributed by atoms with Crippen molar-refractivity contribution >= 4 is 45.7 Å². The number of piperidine rings is 1. The highest BCUT2D eigenvalue weighted by atomic mass is 32.2. The van der Waals surface area contributed by atoms with Crippen molar-refractivity contribution in [2.24, 2.45) is 0 Å². The van der Waals surface area contributed by atoms with Gasteiger partial charge in [-0.2, -0.15) is 4.31 Å². The Bertz CT molecular complexity index is 1870. The molecule has 3 aliphatic heterocycles. The van der Waals surface area contributed by atoms with Crippen LogP contribution in [0.3, 0.4) is 0 Å². The first-order valence-electron chi connectivity index (χ1n) is 16.9. The number of amides is 3. The van der Waals surface area contributed by atoms with Gasteiger partial charge in [0, 0.05) is 101 Å². The maximum Gasteiger partial charge on any atom is 0.417 e. The minimum Gasteiger partial charge on any atom is -0.478 e. The van der Waals surface area contributed by atoms with Crippen LogP contribution in [-0.4, -0.2) is 153 Å². The van der Waals surface area contributed by atoms with E-state index >= 15 is 0 Å². The Balaban J connectivity index is 0.000000332. The number of hydrogen-bond donors (Lipinski definition) is 2. The van der Waals surface area contributed by atoms with Crippen molar-refractivity contribution in [3.63, 3.8) is 0 Å². The molecule has 2 aromatic carbocycles. The second-order valence-electron chi connectivity index (χ2n) is 12.8. The van der Waals surface area contributed by atoms with E-state index in [-0.39, 0.29) is 31.5 Å². The van der Waals surface area contributed by atoms with E-state index in [0.717, 1.165) is 35.6 Å². The van der Waals surface area contributed by atoms with Crippen LogP contribution in [0.5, 0.6) is 0 Å². The van der Waals surface area contributed by atoms with E-state index in [4.69, 9.17) is 9.84 Å². The highest BCUT2D eigenvalue weighted by Crippen LogP contribution is 2.26. The van der Waals surface area contributed by atoms with Gasteiger partial charge in [0.1, 0.15) is 16.8 Å². The summed E-state index contributed by atoms with van der Waals surface area (Å²) < 4.78 is 92.0. The van der Waals surface area contributed by atoms with E-state index < -0.39 is 80.0 Å². The molecular formula is C34H40F4N6O10S. The van der Waals surface area contributed by atoms with Gasteiger partial charge in [0.2, 0.25) is 10.0 Å². The Kier molecular flexibility index (Phi) is 14.7. The molecule has 3 fully saturated rings. The van der Waals surface area contributed by atoms with Gasteiger partial charge in [-0.25, -0.2) is 45.2 Å². The first-order chi connectivity index (χ1) is 25.9. The normalized spacial score (nSPS) is 17.6. The number of carboxylic acids is 1. The number of likely N-dealkylation sites (N-methyl/N-ethyl adjacent to an activating group) is 2. The number of carboxylic acid groups (broad SMARTS) is 1. The van der Waals surface area contributed by atoms with Crippen LogP contribution in [0.2, 0.25) is 0 Å². The van der Waals surface area contributed by atoms with Crippen molar-refractivity contribution in [1.82, 2.24) is 23.9 Å². The lowest BCUT2D eigenvalue weighted by Crippen LogP contribution is -2.49. The number of anilines is 1. The van der Waals surface area contributed by atoms with E-state index in [1.807, 2.05) is 14.1 Å². The zero-order chi connectivity index (χ0) is 40.4. The topological polar surface area (TPSA) is 186 Å². The Morgan fingerprint density at radius 3 is 1.80 bits per heavy atom. The van der Waals surface area contributed by atoms with Crippen molar-refractivity contribution in [2.75, 3.05) is 84.9 Å². The molecule has 16 nitrogen and oxygen atoms in total. The summed E-state index contributed by atoms with van der Waals surface area (Å²) in [5.41, 5.74) is -0.709. The Morgan fingerprint density at radius 1 is 0.745 bits per heavy atom. The van der Waals surface area contributed by atoms with Crippen LogP contribution in [-0.2, 0) is 29.1 Å². The molecule has 0 saturated carbocycles. The number of hydrogen-bond acceptors (Lipinski definition) is 11. The number of carbonyl (C=O) groups is 5. The molecule has 0 atom stereocenters. The summed E-state index contributed by atoms with van der Waals surface area (Å²) in [4.78, 5) is 64.0. The molecule has 300 valence electrons. The van der Waals surface area contributed by atoms with Gasteiger partial charge < -0.3 is 39.5 Å². The van der Waals surface area contributed by atoms with Gasteiger partial charge in [0.15, 0.2) is 17.5 Å². The summed E-state index contributed by atoms with van der Waals surface area (Å²) in [6.45, 7) is 4.88. The SMILES string of the molecule is CN1CCN(C(=O)OC(=O)/C=C/C(=O)O)CC1.CN1CCN(C(=O)OC2CCN(S(=O)(=O)c3cc(C(=O)Nc4cc(F)c(F)c(F)c4)ccc3F)CC2)CC1. The summed E-state index contributed by atoms with van der Waals surface area (Å²) in [7, 11) is -0.477. The zero-order valence-corrected chi connectivity index (χ0v) is 30.7. The van der Waals surface area contributed by atoms with Crippen LogP contribution in [0.15, 0.2) is 47.4 Å². The number of sulfonamides is 1. The molecular weight excluding hydrogens is 760 g/mol. The van der Waals surface area contributed by atoms with Gasteiger partial charge in [-0.3, -0.25) is 4.79 Å². The van der Waals surface area contributed by atoms with Gasteiger partial charge in [0.05, 0.1) is 0 Å². The van der Waals surface area contributed by atoms with Gasteiger partial charge in [-0.1, -0.05) is 0 Å². The lowest BCUT2D eigenvalue weighted by Gasteiger charge is -2.35. The Labute approximate surface area is 313 Å². The van der Waals surface area contributed by atoms with E-state index in [0.29, 0.717) is 63.6 Å². The number of ether oxygens (including phenoxy) is 2. The van der Waals surface area contributed by atoms with Crippen molar-refractivity contribution in [2.45, 2.75) is 23.8 Å². The van der Waals surface area contributed by atoms with Gasteiger partial charge in [0.25, 0.3) is 5.91 Å². The smallest absolute Gasteiger partial charge is 0.417 e. The predicted molar refractivity (Wildman–Crippen MR) is 185 cm³/mol. The van der Waals surface area contributed by atoms with E-state index in [9.17, 15) is 50.0 Å². The van der Waals surface area contributed by atoms with E-state index in [2.05, 4.69) is 19.9 Å². The zero-order valence-electron chi connectivity index (χ0n) is 29.9. The summed E-state index contributed by atoms with van der Waals surface area (Å²) in [6, 6.07) is 3.72. The number of aliphatic carboxylic acids is 1. The van der Waals surface area contributed by atoms with Crippen LogP contribution >= 0.6 is 0 Å². The average Bonchev–Trinajstić information content (AvgIpc) is 3.14. The molecule has 0 spiro atoms. The third kappa shape index (κ3) is 11.9. The van der Waals surface area contributed by atoms with Crippen molar-refractivity contribution < 1.29 is 64.5 Å². The number of esters is 1. The monoisotopic (exact) mass is 800 g/mol. The molecule has 0 aromatic heterocycles. The van der Waals surface area contributed by atoms with Crippen LogP contribution in [0.1, 0.15) is 23.2 Å².